The highest BCUT2D eigenvalue weighted by Crippen LogP contribution is 2.43. The number of quaternary nitrogens is 1. The van der Waals surface area contributed by atoms with E-state index in [1.165, 1.54) is 148 Å². The number of rotatable bonds is 62. The van der Waals surface area contributed by atoms with E-state index in [1.807, 2.05) is 21.1 Å². The van der Waals surface area contributed by atoms with Gasteiger partial charge in [-0.2, -0.15) is 0 Å². The summed E-state index contributed by atoms with van der Waals surface area (Å²) in [4.78, 5) is 35.9. The van der Waals surface area contributed by atoms with Crippen molar-refractivity contribution < 1.29 is 42.1 Å². The van der Waals surface area contributed by atoms with Gasteiger partial charge < -0.3 is 18.9 Å². The molecule has 84 heavy (non-hydrogen) atoms. The number of esters is 2. The summed E-state index contributed by atoms with van der Waals surface area (Å²) in [6, 6.07) is 0. The molecule has 0 aliphatic heterocycles. The van der Waals surface area contributed by atoms with Gasteiger partial charge in [-0.15, -0.1) is 0 Å². The first-order valence-corrected chi connectivity index (χ1v) is 35.8. The smallest absolute Gasteiger partial charge is 0.462 e. The minimum Gasteiger partial charge on any atom is -0.462 e. The second-order valence-corrected chi connectivity index (χ2v) is 25.3. The Kier molecular flexibility index (Phi) is 61.2. The number of ether oxygens (including phenoxy) is 2. The molecule has 1 N–H and O–H groups in total. The zero-order chi connectivity index (χ0) is 61.2. The lowest BCUT2D eigenvalue weighted by molar-refractivity contribution is -0.870. The first-order chi connectivity index (χ1) is 41.0. The van der Waals surface area contributed by atoms with E-state index in [2.05, 4.69) is 135 Å². The van der Waals surface area contributed by atoms with Crippen molar-refractivity contribution in [3.8, 4) is 0 Å². The van der Waals surface area contributed by atoms with E-state index in [9.17, 15) is 19.0 Å². The van der Waals surface area contributed by atoms with Gasteiger partial charge >= 0.3 is 19.8 Å². The van der Waals surface area contributed by atoms with Crippen LogP contribution in [-0.2, 0) is 32.7 Å². The van der Waals surface area contributed by atoms with Gasteiger partial charge in [0.2, 0.25) is 0 Å². The molecule has 0 saturated carbocycles. The Hall–Kier alpha value is -3.59. The van der Waals surface area contributed by atoms with Crippen molar-refractivity contribution in [2.45, 2.75) is 290 Å². The molecular weight excluding hydrogens is 1060 g/mol. The van der Waals surface area contributed by atoms with Gasteiger partial charge in [0.1, 0.15) is 19.8 Å². The predicted molar refractivity (Wildman–Crippen MR) is 362 cm³/mol. The fourth-order valence-corrected chi connectivity index (χ4v) is 10.0. The van der Waals surface area contributed by atoms with E-state index < -0.39 is 26.5 Å². The Labute approximate surface area is 518 Å². The highest BCUT2D eigenvalue weighted by Gasteiger charge is 2.27. The summed E-state index contributed by atoms with van der Waals surface area (Å²) in [5.41, 5.74) is 0. The third-order valence-electron chi connectivity index (χ3n) is 14.5. The summed E-state index contributed by atoms with van der Waals surface area (Å²) >= 11 is 0. The molecule has 0 saturated heterocycles. The first kappa shape index (κ1) is 80.4. The lowest BCUT2D eigenvalue weighted by atomic mass is 10.0. The van der Waals surface area contributed by atoms with E-state index in [0.717, 1.165) is 103 Å². The molecule has 0 heterocycles. The summed E-state index contributed by atoms with van der Waals surface area (Å²) in [6.07, 6.45) is 91.5. The van der Waals surface area contributed by atoms with E-state index in [0.29, 0.717) is 17.4 Å². The third-order valence-corrected chi connectivity index (χ3v) is 15.5. The van der Waals surface area contributed by atoms with E-state index in [-0.39, 0.29) is 32.0 Å². The minimum atomic E-state index is -4.40. The molecule has 482 valence electrons. The SMILES string of the molecule is CC/C=C\C/C=C\C/C=C\C/C=C\C/C=C\C/C=C\CCCCCCCCCCCCCCCCC(=O)OC(COC(=O)CCCCCCCCCCCCCCCC/C=C\C/C=C\C/C=C\C/C=C\CC)COP(=O)(O)OCC[N+](C)(C)C. The van der Waals surface area contributed by atoms with Crippen LogP contribution in [0, 0.1) is 0 Å². The highest BCUT2D eigenvalue weighted by atomic mass is 31.2. The number of carbonyl (C=O) groups excluding carboxylic acids is 2. The molecular formula is C74H129NO8P+. The van der Waals surface area contributed by atoms with Crippen molar-refractivity contribution in [2.75, 3.05) is 47.5 Å². The fourth-order valence-electron chi connectivity index (χ4n) is 9.31. The van der Waals surface area contributed by atoms with Crippen LogP contribution in [0.25, 0.3) is 0 Å². The van der Waals surface area contributed by atoms with Crippen LogP contribution in [0.15, 0.2) is 122 Å². The van der Waals surface area contributed by atoms with Gasteiger partial charge in [-0.25, -0.2) is 4.57 Å². The van der Waals surface area contributed by atoms with Crippen LogP contribution < -0.4 is 0 Å². The van der Waals surface area contributed by atoms with Crippen molar-refractivity contribution in [1.29, 1.82) is 0 Å². The van der Waals surface area contributed by atoms with Crippen LogP contribution in [0.5, 0.6) is 0 Å². The number of carbonyl (C=O) groups is 2. The zero-order valence-electron chi connectivity index (χ0n) is 54.9. The average molecular weight is 1190 g/mol. The topological polar surface area (TPSA) is 108 Å². The molecule has 0 aliphatic carbocycles. The molecule has 0 spiro atoms. The van der Waals surface area contributed by atoms with Gasteiger partial charge in [0.05, 0.1) is 27.7 Å². The molecule has 0 aliphatic rings. The van der Waals surface area contributed by atoms with Gasteiger partial charge in [0, 0.05) is 12.8 Å². The molecule has 0 aromatic rings. The van der Waals surface area contributed by atoms with Gasteiger partial charge in [-0.3, -0.25) is 18.6 Å². The lowest BCUT2D eigenvalue weighted by Crippen LogP contribution is -2.37. The molecule has 10 heteroatoms. The molecule has 0 fully saturated rings. The summed E-state index contributed by atoms with van der Waals surface area (Å²) < 4.78 is 34.7. The second-order valence-electron chi connectivity index (χ2n) is 23.8. The van der Waals surface area contributed by atoms with E-state index in [4.69, 9.17) is 18.5 Å². The maximum Gasteiger partial charge on any atom is 0.472 e. The van der Waals surface area contributed by atoms with Crippen molar-refractivity contribution in [3.05, 3.63) is 122 Å². The van der Waals surface area contributed by atoms with E-state index >= 15 is 0 Å². The fraction of sp³-hybridized carbons (Fsp3) is 0.703. The van der Waals surface area contributed by atoms with Crippen LogP contribution in [0.2, 0.25) is 0 Å². The first-order valence-electron chi connectivity index (χ1n) is 34.3. The van der Waals surface area contributed by atoms with Gasteiger partial charge in [-0.1, -0.05) is 289 Å². The molecule has 2 atom stereocenters. The van der Waals surface area contributed by atoms with Crippen LogP contribution in [0.1, 0.15) is 284 Å². The number of phosphoric ester groups is 1. The predicted octanol–water partition coefficient (Wildman–Crippen LogP) is 22.3. The van der Waals surface area contributed by atoms with Gasteiger partial charge in [0.15, 0.2) is 6.10 Å². The minimum absolute atomic E-state index is 0.0275. The molecule has 0 aromatic heterocycles. The lowest BCUT2D eigenvalue weighted by Gasteiger charge is -2.24. The maximum atomic E-state index is 12.9. The van der Waals surface area contributed by atoms with Crippen molar-refractivity contribution in [1.82, 2.24) is 0 Å². The molecule has 2 unspecified atom stereocenters. The van der Waals surface area contributed by atoms with Crippen LogP contribution in [0.3, 0.4) is 0 Å². The zero-order valence-corrected chi connectivity index (χ0v) is 55.7. The number of allylic oxidation sites excluding steroid dienone is 20. The monoisotopic (exact) mass is 1190 g/mol. The Morgan fingerprint density at radius 2 is 0.643 bits per heavy atom. The summed E-state index contributed by atoms with van der Waals surface area (Å²) in [5.74, 6) is -0.796. The summed E-state index contributed by atoms with van der Waals surface area (Å²) in [7, 11) is 1.47. The molecule has 9 nitrogen and oxygen atoms in total. The van der Waals surface area contributed by atoms with Crippen LogP contribution in [-0.4, -0.2) is 74.9 Å². The molecule has 0 rings (SSSR count). The largest absolute Gasteiger partial charge is 0.472 e. The van der Waals surface area contributed by atoms with Crippen LogP contribution in [0.4, 0.5) is 0 Å². The number of unbranched alkanes of at least 4 members (excludes halogenated alkanes) is 28. The maximum absolute atomic E-state index is 12.9. The molecule has 0 radical (unpaired) electrons. The van der Waals surface area contributed by atoms with Crippen molar-refractivity contribution in [2.24, 2.45) is 0 Å². The third kappa shape index (κ3) is 67.5. The Bertz CT molecular complexity index is 1830. The molecule has 0 aromatic carbocycles. The number of hydrogen-bond acceptors (Lipinski definition) is 7. The van der Waals surface area contributed by atoms with E-state index in [1.54, 1.807) is 0 Å². The average Bonchev–Trinajstić information content (AvgIpc) is 3.61. The second kappa shape index (κ2) is 63.9. The summed E-state index contributed by atoms with van der Waals surface area (Å²) in [6.45, 7) is 4.22. The quantitative estimate of drug-likeness (QED) is 0.0211. The number of likely N-dealkylation sites (N-methyl/N-ethyl adjacent to an activating group) is 1. The normalized spacial score (nSPS) is 13.9. The van der Waals surface area contributed by atoms with Gasteiger partial charge in [-0.05, 0) is 103 Å². The van der Waals surface area contributed by atoms with Crippen LogP contribution >= 0.6 is 7.82 Å². The Morgan fingerprint density at radius 3 is 0.952 bits per heavy atom. The number of phosphoric acid groups is 1. The van der Waals surface area contributed by atoms with Gasteiger partial charge in [0.25, 0.3) is 0 Å². The van der Waals surface area contributed by atoms with Crippen molar-refractivity contribution in [3.63, 3.8) is 0 Å². The Balaban J connectivity index is 4.07. The summed E-state index contributed by atoms with van der Waals surface area (Å²) in [5, 5.41) is 0. The highest BCUT2D eigenvalue weighted by molar-refractivity contribution is 7.47. The number of nitrogens with zero attached hydrogens (tertiary/aromatic N) is 1. The Morgan fingerprint density at radius 1 is 0.369 bits per heavy atom. The molecule has 0 bridgehead atoms. The van der Waals surface area contributed by atoms with Crippen molar-refractivity contribution >= 4 is 19.8 Å². The molecule has 0 amide bonds. The number of hydrogen-bond donors (Lipinski definition) is 1. The standard InChI is InChI=1S/C74H128NO8P/c1-6-8-10-12-14-16-18-20-22-24-26-28-30-32-34-35-36-37-38-39-41-43-45-47-49-51-53-55-57-59-61-63-65-67-74(77)83-72(71-82-84(78,79)81-69-68-75(3,4)5)70-80-73(76)66-64-62-60-58-56-54-52-50-48-46-44-42-40-33-31-29-27-25-23-21-19-17-15-13-11-9-7-2/h8-11,14-17,20-23,26-29,32,34,36-37,72H,6-7,12-13,18-19,24-25,30-31,33,35,38-71H2,1-5H3/p+1/b10-8-,11-9-,16-14-,17-15-,22-20-,23-21-,28-26-,29-27-,34-32-,37-36-.